The van der Waals surface area contributed by atoms with Gasteiger partial charge < -0.3 is 15.5 Å². The normalized spacial score (nSPS) is 13.6. The molecule has 1 rings (SSSR count). The number of rotatable bonds is 6. The number of halogens is 3. The van der Waals surface area contributed by atoms with Crippen molar-refractivity contribution >= 4 is 23.2 Å². The molecule has 3 nitrogen and oxygen atoms in total. The molecule has 1 aromatic carbocycles. The summed E-state index contributed by atoms with van der Waals surface area (Å²) in [5.41, 5.74) is -0.429. The SMILES string of the molecule is CCC(CO)(CO)NC(C)c1c(Cl)ccc(F)c1Cl. The largest absolute Gasteiger partial charge is 0.394 e. The van der Waals surface area contributed by atoms with E-state index in [0.29, 0.717) is 17.0 Å². The molecule has 0 radical (unpaired) electrons. The van der Waals surface area contributed by atoms with Gasteiger partial charge in [-0.3, -0.25) is 0 Å². The predicted octanol–water partition coefficient (Wildman–Crippen LogP) is 2.92. The minimum atomic E-state index is -0.849. The summed E-state index contributed by atoms with van der Waals surface area (Å²) >= 11 is 12.0. The van der Waals surface area contributed by atoms with Gasteiger partial charge in [-0.2, -0.15) is 0 Å². The first kappa shape index (κ1) is 16.7. The molecule has 0 saturated heterocycles. The Morgan fingerprint density at radius 2 is 1.89 bits per heavy atom. The molecular formula is C13H18Cl2FNO2. The molecule has 0 aromatic heterocycles. The zero-order chi connectivity index (χ0) is 14.6. The lowest BCUT2D eigenvalue weighted by Crippen LogP contribution is -2.52. The van der Waals surface area contributed by atoms with Crippen molar-refractivity contribution in [3.8, 4) is 0 Å². The van der Waals surface area contributed by atoms with Gasteiger partial charge in [0.15, 0.2) is 0 Å². The highest BCUT2D eigenvalue weighted by Crippen LogP contribution is 2.33. The minimum Gasteiger partial charge on any atom is -0.394 e. The molecule has 0 aliphatic heterocycles. The molecule has 0 fully saturated rings. The Kier molecular flexibility index (Phi) is 6.02. The zero-order valence-corrected chi connectivity index (χ0v) is 12.4. The molecule has 0 saturated carbocycles. The van der Waals surface area contributed by atoms with Gasteiger partial charge in [-0.1, -0.05) is 30.1 Å². The maximum atomic E-state index is 13.5. The van der Waals surface area contributed by atoms with Crippen molar-refractivity contribution in [2.75, 3.05) is 13.2 Å². The van der Waals surface area contributed by atoms with E-state index in [1.54, 1.807) is 6.92 Å². The average molecular weight is 310 g/mol. The van der Waals surface area contributed by atoms with Crippen molar-refractivity contribution in [2.24, 2.45) is 0 Å². The quantitative estimate of drug-likeness (QED) is 0.708. The fraction of sp³-hybridized carbons (Fsp3) is 0.538. The second-order valence-corrected chi connectivity index (χ2v) is 5.36. The summed E-state index contributed by atoms with van der Waals surface area (Å²) in [6.07, 6.45) is 0.509. The second kappa shape index (κ2) is 6.86. The number of nitrogens with one attached hydrogen (secondary N) is 1. The molecule has 0 spiro atoms. The lowest BCUT2D eigenvalue weighted by atomic mass is 9.95. The van der Waals surface area contributed by atoms with Crippen LogP contribution in [0, 0.1) is 5.82 Å². The summed E-state index contributed by atoms with van der Waals surface area (Å²) in [7, 11) is 0. The van der Waals surface area contributed by atoms with Gasteiger partial charge in [-0.05, 0) is 25.5 Å². The van der Waals surface area contributed by atoms with E-state index in [1.807, 2.05) is 6.92 Å². The number of hydrogen-bond acceptors (Lipinski definition) is 3. The molecule has 0 amide bonds. The van der Waals surface area contributed by atoms with Gasteiger partial charge in [0, 0.05) is 16.6 Å². The highest BCUT2D eigenvalue weighted by molar-refractivity contribution is 6.36. The Labute approximate surface area is 122 Å². The number of hydrogen-bond donors (Lipinski definition) is 3. The molecule has 6 heteroatoms. The maximum absolute atomic E-state index is 13.5. The smallest absolute Gasteiger partial charge is 0.142 e. The summed E-state index contributed by atoms with van der Waals surface area (Å²) in [5.74, 6) is -0.551. The van der Waals surface area contributed by atoms with Crippen LogP contribution in [0.25, 0.3) is 0 Å². The van der Waals surface area contributed by atoms with Crippen molar-refractivity contribution in [3.63, 3.8) is 0 Å². The van der Waals surface area contributed by atoms with E-state index in [2.05, 4.69) is 5.32 Å². The van der Waals surface area contributed by atoms with Gasteiger partial charge >= 0.3 is 0 Å². The molecule has 0 bridgehead atoms. The molecule has 3 N–H and O–H groups in total. The van der Waals surface area contributed by atoms with Crippen molar-refractivity contribution < 1.29 is 14.6 Å². The van der Waals surface area contributed by atoms with Crippen LogP contribution in [0.5, 0.6) is 0 Å². The summed E-state index contributed by atoms with van der Waals surface area (Å²) in [6.45, 7) is 3.10. The first-order valence-electron chi connectivity index (χ1n) is 6.03. The highest BCUT2D eigenvalue weighted by atomic mass is 35.5. The summed E-state index contributed by atoms with van der Waals surface area (Å²) < 4.78 is 13.5. The topological polar surface area (TPSA) is 52.5 Å². The Hall–Kier alpha value is -0.390. The Bertz CT molecular complexity index is 431. The summed E-state index contributed by atoms with van der Waals surface area (Å²) in [4.78, 5) is 0. The van der Waals surface area contributed by atoms with Crippen LogP contribution in [0.3, 0.4) is 0 Å². The molecule has 1 atom stereocenters. The zero-order valence-electron chi connectivity index (χ0n) is 10.9. The van der Waals surface area contributed by atoms with E-state index >= 15 is 0 Å². The van der Waals surface area contributed by atoms with Gasteiger partial charge in [-0.25, -0.2) is 4.39 Å². The third kappa shape index (κ3) is 3.58. The van der Waals surface area contributed by atoms with Gasteiger partial charge in [0.05, 0.1) is 23.8 Å². The highest BCUT2D eigenvalue weighted by Gasteiger charge is 2.30. The van der Waals surface area contributed by atoms with E-state index in [4.69, 9.17) is 23.2 Å². The van der Waals surface area contributed by atoms with E-state index in [-0.39, 0.29) is 18.2 Å². The Balaban J connectivity index is 3.07. The van der Waals surface area contributed by atoms with E-state index < -0.39 is 17.4 Å². The predicted molar refractivity (Wildman–Crippen MR) is 75.2 cm³/mol. The lowest BCUT2D eigenvalue weighted by Gasteiger charge is -2.34. The van der Waals surface area contributed by atoms with Crippen molar-refractivity contribution in [3.05, 3.63) is 33.6 Å². The second-order valence-electron chi connectivity index (χ2n) is 4.57. The van der Waals surface area contributed by atoms with E-state index in [1.165, 1.54) is 12.1 Å². The first-order valence-corrected chi connectivity index (χ1v) is 6.79. The van der Waals surface area contributed by atoms with Crippen LogP contribution in [0.15, 0.2) is 12.1 Å². The molecule has 1 unspecified atom stereocenters. The van der Waals surface area contributed by atoms with Gasteiger partial charge in [0.25, 0.3) is 0 Å². The Morgan fingerprint density at radius 3 is 2.37 bits per heavy atom. The van der Waals surface area contributed by atoms with Crippen LogP contribution in [0.2, 0.25) is 10.0 Å². The number of aliphatic hydroxyl groups excluding tert-OH is 2. The molecule has 1 aromatic rings. The van der Waals surface area contributed by atoms with Crippen LogP contribution < -0.4 is 5.32 Å². The van der Waals surface area contributed by atoms with Crippen LogP contribution in [0.4, 0.5) is 4.39 Å². The average Bonchev–Trinajstić information content (AvgIpc) is 2.41. The maximum Gasteiger partial charge on any atom is 0.142 e. The lowest BCUT2D eigenvalue weighted by molar-refractivity contribution is 0.0793. The molecule has 19 heavy (non-hydrogen) atoms. The van der Waals surface area contributed by atoms with Crippen LogP contribution >= 0.6 is 23.2 Å². The molecular weight excluding hydrogens is 292 g/mol. The third-order valence-electron chi connectivity index (χ3n) is 3.32. The van der Waals surface area contributed by atoms with Gasteiger partial charge in [-0.15, -0.1) is 0 Å². The molecule has 0 aliphatic carbocycles. The number of aliphatic hydroxyl groups is 2. The van der Waals surface area contributed by atoms with Gasteiger partial charge in [0.1, 0.15) is 5.82 Å². The summed E-state index contributed by atoms with van der Waals surface area (Å²) in [6, 6.07) is 2.23. The summed E-state index contributed by atoms with van der Waals surface area (Å²) in [5, 5.41) is 22.2. The van der Waals surface area contributed by atoms with Gasteiger partial charge in [0.2, 0.25) is 0 Å². The Morgan fingerprint density at radius 1 is 1.32 bits per heavy atom. The van der Waals surface area contributed by atoms with Crippen LogP contribution in [-0.4, -0.2) is 29.0 Å². The monoisotopic (exact) mass is 309 g/mol. The number of benzene rings is 1. The van der Waals surface area contributed by atoms with Crippen molar-refractivity contribution in [1.29, 1.82) is 0 Å². The molecule has 0 heterocycles. The standard InChI is InChI=1S/C13H18Cl2FNO2/c1-3-13(6-18,7-19)17-8(2)11-9(14)4-5-10(16)12(11)15/h4-5,8,17-19H,3,6-7H2,1-2H3. The van der Waals surface area contributed by atoms with Crippen LogP contribution in [-0.2, 0) is 0 Å². The molecule has 108 valence electrons. The van der Waals surface area contributed by atoms with Crippen molar-refractivity contribution in [1.82, 2.24) is 5.32 Å². The van der Waals surface area contributed by atoms with Crippen molar-refractivity contribution in [2.45, 2.75) is 31.8 Å². The fourth-order valence-corrected chi connectivity index (χ4v) is 2.64. The minimum absolute atomic E-state index is 0.0478. The van der Waals surface area contributed by atoms with E-state index in [9.17, 15) is 14.6 Å². The van der Waals surface area contributed by atoms with E-state index in [0.717, 1.165) is 0 Å². The third-order valence-corrected chi connectivity index (χ3v) is 4.03. The molecule has 0 aliphatic rings. The van der Waals surface area contributed by atoms with Crippen LogP contribution in [0.1, 0.15) is 31.9 Å². The fourth-order valence-electron chi connectivity index (χ4n) is 1.94. The first-order chi connectivity index (χ1) is 8.90.